The van der Waals surface area contributed by atoms with E-state index in [2.05, 4.69) is 0 Å². The molecule has 1 rings (SSSR count). The molecule has 2 nitrogen and oxygen atoms in total. The minimum Gasteiger partial charge on any atom is -0.508 e. The largest absolute Gasteiger partial charge is 0.508 e. The predicted octanol–water partition coefficient (Wildman–Crippen LogP) is 2.52. The molecule has 0 aliphatic carbocycles. The Balaban J connectivity index is 0. The normalized spacial score (nSPS) is 8.64. The van der Waals surface area contributed by atoms with E-state index < -0.39 is 0 Å². The minimum atomic E-state index is 0. The standard InChI is InChI=1S/C10H15NO.2ClH/c11-8-2-1-3-9-4-6-10(12)7-5-9;;/h4-7,12H,1-3,8,11H2;2*1H. The van der Waals surface area contributed by atoms with Gasteiger partial charge in [-0.1, -0.05) is 12.1 Å². The first-order valence-electron chi connectivity index (χ1n) is 4.31. The van der Waals surface area contributed by atoms with Gasteiger partial charge in [0.2, 0.25) is 0 Å². The van der Waals surface area contributed by atoms with Gasteiger partial charge in [0.05, 0.1) is 0 Å². The molecule has 0 aliphatic heterocycles. The number of benzene rings is 1. The summed E-state index contributed by atoms with van der Waals surface area (Å²) in [6.45, 7) is 0.762. The van der Waals surface area contributed by atoms with Gasteiger partial charge in [-0.15, -0.1) is 24.8 Å². The molecule has 0 aromatic heterocycles. The van der Waals surface area contributed by atoms with E-state index in [-0.39, 0.29) is 24.8 Å². The van der Waals surface area contributed by atoms with Crippen LogP contribution in [0.4, 0.5) is 0 Å². The van der Waals surface area contributed by atoms with Gasteiger partial charge in [-0.2, -0.15) is 0 Å². The van der Waals surface area contributed by atoms with Crippen LogP contribution in [0.1, 0.15) is 18.4 Å². The molecule has 0 bridgehead atoms. The maximum atomic E-state index is 9.01. The third-order valence-corrected chi connectivity index (χ3v) is 1.86. The highest BCUT2D eigenvalue weighted by Gasteiger charge is 1.92. The van der Waals surface area contributed by atoms with Gasteiger partial charge in [0.1, 0.15) is 5.75 Å². The van der Waals surface area contributed by atoms with E-state index in [1.807, 2.05) is 12.1 Å². The molecule has 0 saturated carbocycles. The van der Waals surface area contributed by atoms with Gasteiger partial charge in [0.25, 0.3) is 0 Å². The molecule has 0 fully saturated rings. The van der Waals surface area contributed by atoms with E-state index in [9.17, 15) is 0 Å². The van der Waals surface area contributed by atoms with Crippen molar-refractivity contribution in [3.8, 4) is 5.75 Å². The minimum absolute atomic E-state index is 0. The molecule has 0 unspecified atom stereocenters. The zero-order valence-electron chi connectivity index (χ0n) is 7.98. The van der Waals surface area contributed by atoms with Gasteiger partial charge in [-0.25, -0.2) is 0 Å². The van der Waals surface area contributed by atoms with E-state index in [1.165, 1.54) is 5.56 Å². The van der Waals surface area contributed by atoms with E-state index in [0.717, 1.165) is 25.8 Å². The van der Waals surface area contributed by atoms with Crippen molar-refractivity contribution in [2.45, 2.75) is 19.3 Å². The van der Waals surface area contributed by atoms with Crippen molar-refractivity contribution in [1.29, 1.82) is 0 Å². The number of aromatic hydroxyl groups is 1. The molecule has 0 spiro atoms. The number of phenolic OH excluding ortho intramolecular Hbond substituents is 1. The van der Waals surface area contributed by atoms with Crippen LogP contribution in [0.25, 0.3) is 0 Å². The second-order valence-corrected chi connectivity index (χ2v) is 2.91. The van der Waals surface area contributed by atoms with E-state index in [0.29, 0.717) is 5.75 Å². The smallest absolute Gasteiger partial charge is 0.115 e. The number of hydrogen-bond acceptors (Lipinski definition) is 2. The molecular weight excluding hydrogens is 221 g/mol. The fourth-order valence-corrected chi connectivity index (χ4v) is 1.14. The summed E-state index contributed by atoms with van der Waals surface area (Å²) in [5.41, 5.74) is 6.64. The second-order valence-electron chi connectivity index (χ2n) is 2.91. The maximum Gasteiger partial charge on any atom is 0.115 e. The SMILES string of the molecule is Cl.Cl.NCCCCc1ccc(O)cc1. The average molecular weight is 238 g/mol. The Hall–Kier alpha value is -0.440. The highest BCUT2D eigenvalue weighted by molar-refractivity contribution is 5.85. The van der Waals surface area contributed by atoms with Crippen LogP contribution >= 0.6 is 24.8 Å². The summed E-state index contributed by atoms with van der Waals surface area (Å²) in [5, 5.41) is 9.01. The summed E-state index contributed by atoms with van der Waals surface area (Å²) >= 11 is 0. The maximum absolute atomic E-state index is 9.01. The van der Waals surface area contributed by atoms with Crippen LogP contribution in [-0.2, 0) is 6.42 Å². The summed E-state index contributed by atoms with van der Waals surface area (Å²) < 4.78 is 0. The van der Waals surface area contributed by atoms with Gasteiger partial charge in [-0.05, 0) is 43.5 Å². The van der Waals surface area contributed by atoms with Crippen molar-refractivity contribution in [2.24, 2.45) is 5.73 Å². The lowest BCUT2D eigenvalue weighted by atomic mass is 10.1. The van der Waals surface area contributed by atoms with Crippen molar-refractivity contribution in [3.05, 3.63) is 29.8 Å². The molecule has 0 radical (unpaired) electrons. The molecule has 0 heterocycles. The second kappa shape index (κ2) is 9.13. The quantitative estimate of drug-likeness (QED) is 0.791. The number of phenols is 1. The highest BCUT2D eigenvalue weighted by atomic mass is 35.5. The van der Waals surface area contributed by atoms with Crippen LogP contribution < -0.4 is 5.73 Å². The van der Waals surface area contributed by atoms with Gasteiger partial charge in [0, 0.05) is 0 Å². The first-order valence-corrected chi connectivity index (χ1v) is 4.31. The first-order chi connectivity index (χ1) is 5.83. The Morgan fingerprint density at radius 2 is 1.57 bits per heavy atom. The highest BCUT2D eigenvalue weighted by Crippen LogP contribution is 2.11. The summed E-state index contributed by atoms with van der Waals surface area (Å²) in [7, 11) is 0. The molecular formula is C10H17Cl2NO. The van der Waals surface area contributed by atoms with Gasteiger partial charge in [0.15, 0.2) is 0 Å². The Kier molecular flexibility index (Phi) is 10.4. The van der Waals surface area contributed by atoms with Crippen LogP contribution in [0.15, 0.2) is 24.3 Å². The molecule has 4 heteroatoms. The number of rotatable bonds is 4. The van der Waals surface area contributed by atoms with Crippen LogP contribution in [0.2, 0.25) is 0 Å². The van der Waals surface area contributed by atoms with Crippen molar-refractivity contribution in [2.75, 3.05) is 6.54 Å². The Morgan fingerprint density at radius 3 is 2.07 bits per heavy atom. The predicted molar refractivity (Wildman–Crippen MR) is 64.6 cm³/mol. The molecule has 3 N–H and O–H groups in total. The van der Waals surface area contributed by atoms with E-state index >= 15 is 0 Å². The van der Waals surface area contributed by atoms with E-state index in [4.69, 9.17) is 10.8 Å². The molecule has 0 saturated heterocycles. The van der Waals surface area contributed by atoms with Crippen molar-refractivity contribution >= 4 is 24.8 Å². The molecule has 0 amide bonds. The molecule has 0 aliphatic rings. The number of unbranched alkanes of at least 4 members (excludes halogenated alkanes) is 1. The Labute approximate surface area is 97.3 Å². The number of aryl methyl sites for hydroxylation is 1. The fraction of sp³-hybridized carbons (Fsp3) is 0.400. The lowest BCUT2D eigenvalue weighted by Gasteiger charge is -1.99. The first kappa shape index (κ1) is 16.0. The summed E-state index contributed by atoms with van der Waals surface area (Å²) in [6.07, 6.45) is 3.25. The Bertz CT molecular complexity index is 226. The fourth-order valence-electron chi connectivity index (χ4n) is 1.14. The monoisotopic (exact) mass is 237 g/mol. The van der Waals surface area contributed by atoms with Gasteiger partial charge in [-0.3, -0.25) is 0 Å². The molecule has 0 atom stereocenters. The van der Waals surface area contributed by atoms with Crippen LogP contribution in [0.5, 0.6) is 5.75 Å². The van der Waals surface area contributed by atoms with Crippen molar-refractivity contribution < 1.29 is 5.11 Å². The summed E-state index contributed by atoms with van der Waals surface area (Å²) in [5.74, 6) is 0.331. The van der Waals surface area contributed by atoms with Gasteiger partial charge < -0.3 is 10.8 Å². The molecule has 1 aromatic carbocycles. The summed E-state index contributed by atoms with van der Waals surface area (Å²) in [4.78, 5) is 0. The van der Waals surface area contributed by atoms with Crippen molar-refractivity contribution in [1.82, 2.24) is 0 Å². The van der Waals surface area contributed by atoms with Crippen LogP contribution in [0, 0.1) is 0 Å². The molecule has 14 heavy (non-hydrogen) atoms. The molecule has 82 valence electrons. The average Bonchev–Trinajstić information content (AvgIpc) is 2.09. The number of nitrogens with two attached hydrogens (primary N) is 1. The number of hydrogen-bond donors (Lipinski definition) is 2. The zero-order valence-corrected chi connectivity index (χ0v) is 9.61. The third kappa shape index (κ3) is 6.08. The number of halogens is 2. The topological polar surface area (TPSA) is 46.2 Å². The van der Waals surface area contributed by atoms with E-state index in [1.54, 1.807) is 12.1 Å². The van der Waals surface area contributed by atoms with Gasteiger partial charge >= 0.3 is 0 Å². The Morgan fingerprint density at radius 1 is 1.00 bits per heavy atom. The zero-order chi connectivity index (χ0) is 8.81. The van der Waals surface area contributed by atoms with Crippen molar-refractivity contribution in [3.63, 3.8) is 0 Å². The summed E-state index contributed by atoms with van der Waals surface area (Å²) in [6, 6.07) is 7.34. The van der Waals surface area contributed by atoms with Crippen LogP contribution in [-0.4, -0.2) is 11.7 Å². The lowest BCUT2D eigenvalue weighted by Crippen LogP contribution is -1.98. The van der Waals surface area contributed by atoms with Crippen LogP contribution in [0.3, 0.4) is 0 Å². The lowest BCUT2D eigenvalue weighted by molar-refractivity contribution is 0.475. The molecule has 1 aromatic rings. The third-order valence-electron chi connectivity index (χ3n) is 1.86.